The molecular weight excluding hydrogens is 268 g/mol. The Morgan fingerprint density at radius 2 is 2.26 bits per heavy atom. The third-order valence-corrected chi connectivity index (χ3v) is 3.77. The molecule has 0 saturated carbocycles. The standard InChI is InChI=1S/C11H10N4O3S/c16-10-8-9(13-11(17)15(10)18)12-6-14(8)4-3-7-2-1-5-19-7/h1-2,5-6,18H,3-4H2,(H,13,17). The molecule has 0 atom stereocenters. The van der Waals surface area contributed by atoms with Crippen LogP contribution in [0, 0.1) is 0 Å². The second-order valence-corrected chi connectivity index (χ2v) is 5.04. The van der Waals surface area contributed by atoms with E-state index in [4.69, 9.17) is 0 Å². The van der Waals surface area contributed by atoms with Crippen molar-refractivity contribution in [3.05, 3.63) is 49.6 Å². The van der Waals surface area contributed by atoms with Crippen molar-refractivity contribution in [2.24, 2.45) is 0 Å². The first kappa shape index (κ1) is 11.7. The largest absolute Gasteiger partial charge is 0.421 e. The number of nitrogens with zero attached hydrogens (tertiary/aromatic N) is 3. The van der Waals surface area contributed by atoms with Crippen molar-refractivity contribution in [2.75, 3.05) is 0 Å². The molecule has 3 rings (SSSR count). The molecule has 0 aromatic carbocycles. The lowest BCUT2D eigenvalue weighted by Gasteiger charge is -2.02. The Morgan fingerprint density at radius 3 is 3.00 bits per heavy atom. The Labute approximate surface area is 110 Å². The molecule has 3 aromatic rings. The molecule has 3 heterocycles. The number of nitrogens with one attached hydrogen (secondary N) is 1. The summed E-state index contributed by atoms with van der Waals surface area (Å²) in [5.41, 5.74) is -1.27. The lowest BCUT2D eigenvalue weighted by atomic mass is 10.3. The average Bonchev–Trinajstić information content (AvgIpc) is 3.02. The monoisotopic (exact) mass is 278 g/mol. The third-order valence-electron chi connectivity index (χ3n) is 2.83. The molecule has 0 spiro atoms. The number of H-pyrrole nitrogens is 1. The first-order chi connectivity index (χ1) is 9.16. The van der Waals surface area contributed by atoms with Gasteiger partial charge in [-0.1, -0.05) is 10.8 Å². The molecule has 0 bridgehead atoms. The van der Waals surface area contributed by atoms with Gasteiger partial charge in [-0.15, -0.1) is 11.3 Å². The van der Waals surface area contributed by atoms with Gasteiger partial charge < -0.3 is 9.77 Å². The molecule has 0 saturated heterocycles. The van der Waals surface area contributed by atoms with Gasteiger partial charge in [0.25, 0.3) is 0 Å². The lowest BCUT2D eigenvalue weighted by molar-refractivity contribution is 0.162. The predicted molar refractivity (Wildman–Crippen MR) is 69.8 cm³/mol. The number of aryl methyl sites for hydroxylation is 2. The number of hydrogen-bond donors (Lipinski definition) is 2. The van der Waals surface area contributed by atoms with Crippen LogP contribution in [0.2, 0.25) is 0 Å². The quantitative estimate of drug-likeness (QED) is 0.679. The van der Waals surface area contributed by atoms with Crippen LogP contribution in [0.3, 0.4) is 0 Å². The average molecular weight is 278 g/mol. The maximum Gasteiger partial charge on any atom is 0.363 e. The maximum atomic E-state index is 11.8. The Kier molecular flexibility index (Phi) is 2.71. The summed E-state index contributed by atoms with van der Waals surface area (Å²) in [6, 6.07) is 3.97. The van der Waals surface area contributed by atoms with E-state index in [1.165, 1.54) is 11.2 Å². The summed E-state index contributed by atoms with van der Waals surface area (Å²) in [6.45, 7) is 0.554. The second-order valence-electron chi connectivity index (χ2n) is 4.01. The van der Waals surface area contributed by atoms with E-state index in [2.05, 4.69) is 9.97 Å². The van der Waals surface area contributed by atoms with Crippen LogP contribution >= 0.6 is 11.3 Å². The number of thiophene rings is 1. The van der Waals surface area contributed by atoms with Crippen LogP contribution in [-0.2, 0) is 13.0 Å². The number of aromatic nitrogens is 4. The highest BCUT2D eigenvalue weighted by Gasteiger charge is 2.12. The van der Waals surface area contributed by atoms with E-state index in [9.17, 15) is 14.8 Å². The van der Waals surface area contributed by atoms with Gasteiger partial charge in [-0.3, -0.25) is 9.78 Å². The van der Waals surface area contributed by atoms with Crippen molar-refractivity contribution in [1.29, 1.82) is 0 Å². The number of hydrogen-bond acceptors (Lipinski definition) is 5. The van der Waals surface area contributed by atoms with Crippen molar-refractivity contribution in [3.63, 3.8) is 0 Å². The first-order valence-electron chi connectivity index (χ1n) is 5.58. The van der Waals surface area contributed by atoms with E-state index in [1.54, 1.807) is 15.9 Å². The molecule has 0 radical (unpaired) electrons. The topological polar surface area (TPSA) is 92.9 Å². The van der Waals surface area contributed by atoms with Gasteiger partial charge in [0.05, 0.1) is 6.33 Å². The highest BCUT2D eigenvalue weighted by atomic mass is 32.1. The van der Waals surface area contributed by atoms with Crippen LogP contribution in [-0.4, -0.2) is 24.5 Å². The fraction of sp³-hybridized carbons (Fsp3) is 0.182. The van der Waals surface area contributed by atoms with E-state index in [0.717, 1.165) is 6.42 Å². The SMILES string of the molecule is O=c1[nH]c2ncn(CCc3cccs3)c2c(=O)n1O. The van der Waals surface area contributed by atoms with Crippen molar-refractivity contribution >= 4 is 22.5 Å². The summed E-state index contributed by atoms with van der Waals surface area (Å²) in [7, 11) is 0. The minimum Gasteiger partial charge on any atom is -0.421 e. The zero-order valence-corrected chi connectivity index (χ0v) is 10.6. The summed E-state index contributed by atoms with van der Waals surface area (Å²) in [5, 5.41) is 11.3. The first-order valence-corrected chi connectivity index (χ1v) is 6.46. The van der Waals surface area contributed by atoms with Crippen molar-refractivity contribution < 1.29 is 5.21 Å². The molecule has 0 aliphatic carbocycles. The Balaban J connectivity index is 2.03. The van der Waals surface area contributed by atoms with Crippen LogP contribution < -0.4 is 11.2 Å². The van der Waals surface area contributed by atoms with Crippen molar-refractivity contribution in [2.45, 2.75) is 13.0 Å². The molecule has 0 amide bonds. The zero-order chi connectivity index (χ0) is 13.4. The van der Waals surface area contributed by atoms with Crippen LogP contribution in [0.25, 0.3) is 11.2 Å². The van der Waals surface area contributed by atoms with Gasteiger partial charge in [-0.05, 0) is 17.9 Å². The zero-order valence-electron chi connectivity index (χ0n) is 9.74. The van der Waals surface area contributed by atoms with Gasteiger partial charge in [0, 0.05) is 11.4 Å². The number of rotatable bonds is 3. The van der Waals surface area contributed by atoms with E-state index in [-0.39, 0.29) is 15.9 Å². The van der Waals surface area contributed by atoms with Crippen molar-refractivity contribution in [1.82, 2.24) is 19.3 Å². The summed E-state index contributed by atoms with van der Waals surface area (Å²) in [5.74, 6) is 0. The molecule has 7 nitrogen and oxygen atoms in total. The van der Waals surface area contributed by atoms with Crippen LogP contribution in [0.4, 0.5) is 0 Å². The number of aromatic amines is 1. The minimum atomic E-state index is -0.888. The molecule has 8 heteroatoms. The molecule has 3 aromatic heterocycles. The highest BCUT2D eigenvalue weighted by molar-refractivity contribution is 7.09. The summed E-state index contributed by atoms with van der Waals surface area (Å²) in [6.07, 6.45) is 2.24. The van der Waals surface area contributed by atoms with Gasteiger partial charge in [-0.2, -0.15) is 0 Å². The summed E-state index contributed by atoms with van der Waals surface area (Å²) in [4.78, 5) is 30.5. The van der Waals surface area contributed by atoms with Gasteiger partial charge in [0.1, 0.15) is 0 Å². The van der Waals surface area contributed by atoms with E-state index in [0.29, 0.717) is 6.54 Å². The van der Waals surface area contributed by atoms with Crippen LogP contribution in [0.1, 0.15) is 4.88 Å². The van der Waals surface area contributed by atoms with Gasteiger partial charge in [0.15, 0.2) is 11.2 Å². The van der Waals surface area contributed by atoms with Gasteiger partial charge in [-0.25, -0.2) is 9.78 Å². The van der Waals surface area contributed by atoms with Crippen LogP contribution in [0.15, 0.2) is 33.4 Å². The third kappa shape index (κ3) is 1.95. The fourth-order valence-electron chi connectivity index (χ4n) is 1.90. The van der Waals surface area contributed by atoms with Crippen LogP contribution in [0.5, 0.6) is 0 Å². The Bertz CT molecular complexity index is 828. The molecule has 0 aliphatic rings. The fourth-order valence-corrected chi connectivity index (χ4v) is 2.60. The summed E-state index contributed by atoms with van der Waals surface area (Å²) >= 11 is 1.64. The molecule has 2 N–H and O–H groups in total. The summed E-state index contributed by atoms with van der Waals surface area (Å²) < 4.78 is 1.69. The Hall–Kier alpha value is -2.35. The normalized spacial score (nSPS) is 11.2. The van der Waals surface area contributed by atoms with E-state index in [1.807, 2.05) is 17.5 Å². The number of imidazole rings is 1. The minimum absolute atomic E-state index is 0.0612. The predicted octanol–water partition coefficient (Wildman–Crippen LogP) is 0.428. The van der Waals surface area contributed by atoms with Gasteiger partial charge >= 0.3 is 11.2 Å². The molecule has 0 aliphatic heterocycles. The van der Waals surface area contributed by atoms with E-state index < -0.39 is 11.2 Å². The smallest absolute Gasteiger partial charge is 0.363 e. The number of fused-ring (bicyclic) bond motifs is 1. The molecule has 19 heavy (non-hydrogen) atoms. The molecule has 98 valence electrons. The van der Waals surface area contributed by atoms with Gasteiger partial charge in [0.2, 0.25) is 0 Å². The maximum absolute atomic E-state index is 11.8. The molecular formula is C11H10N4O3S. The Morgan fingerprint density at radius 1 is 1.42 bits per heavy atom. The second kappa shape index (κ2) is 4.39. The lowest BCUT2D eigenvalue weighted by Crippen LogP contribution is -2.34. The highest BCUT2D eigenvalue weighted by Crippen LogP contribution is 2.11. The molecule has 0 fully saturated rings. The van der Waals surface area contributed by atoms with E-state index >= 15 is 0 Å². The molecule has 0 unspecified atom stereocenters. The van der Waals surface area contributed by atoms with Crippen molar-refractivity contribution in [3.8, 4) is 0 Å².